The number of piperidine rings is 1. The first-order chi connectivity index (χ1) is 12.6. The summed E-state index contributed by atoms with van der Waals surface area (Å²) >= 11 is 0. The monoisotopic (exact) mass is 359 g/mol. The molecule has 1 aromatic rings. The van der Waals surface area contributed by atoms with Crippen molar-refractivity contribution in [1.29, 1.82) is 0 Å². The predicted molar refractivity (Wildman–Crippen MR) is 105 cm³/mol. The molecule has 0 aromatic heterocycles. The van der Waals surface area contributed by atoms with Gasteiger partial charge in [0.05, 0.1) is 0 Å². The number of likely N-dealkylation sites (tertiary alicyclic amines) is 1. The number of carbonyl (C=O) groups excluding carboxylic acids is 2. The molecule has 2 amide bonds. The predicted octanol–water partition coefficient (Wildman–Crippen LogP) is 2.81. The fourth-order valence-corrected chi connectivity index (χ4v) is 3.47. The highest BCUT2D eigenvalue weighted by molar-refractivity contribution is 5.79. The molecule has 0 atom stereocenters. The number of hydrogen-bond acceptors (Lipinski definition) is 3. The van der Waals surface area contributed by atoms with Crippen molar-refractivity contribution in [2.45, 2.75) is 58.5 Å². The molecule has 144 valence electrons. The Morgan fingerprint density at radius 3 is 2.42 bits per heavy atom. The van der Waals surface area contributed by atoms with Gasteiger partial charge in [-0.1, -0.05) is 44.2 Å². The van der Waals surface area contributed by atoms with E-state index in [-0.39, 0.29) is 17.9 Å². The van der Waals surface area contributed by atoms with E-state index in [1.54, 1.807) is 0 Å². The first-order valence-corrected chi connectivity index (χ1v) is 9.95. The maximum Gasteiger partial charge on any atom is 0.222 e. The molecule has 0 saturated carbocycles. The second-order valence-electron chi connectivity index (χ2n) is 7.09. The van der Waals surface area contributed by atoms with Crippen LogP contribution in [0, 0.1) is 0 Å². The Bertz CT molecular complexity index is 554. The topological polar surface area (TPSA) is 52.7 Å². The van der Waals surface area contributed by atoms with Crippen LogP contribution in [0.5, 0.6) is 0 Å². The third kappa shape index (κ3) is 6.79. The molecule has 0 spiro atoms. The molecular formula is C21H33N3O2. The van der Waals surface area contributed by atoms with Gasteiger partial charge in [0.2, 0.25) is 11.8 Å². The lowest BCUT2D eigenvalue weighted by Crippen LogP contribution is -2.45. The van der Waals surface area contributed by atoms with Gasteiger partial charge in [0.1, 0.15) is 0 Å². The van der Waals surface area contributed by atoms with Gasteiger partial charge in [0, 0.05) is 51.6 Å². The van der Waals surface area contributed by atoms with E-state index < -0.39 is 0 Å². The molecular weight excluding hydrogens is 326 g/mol. The van der Waals surface area contributed by atoms with Gasteiger partial charge in [-0.25, -0.2) is 0 Å². The van der Waals surface area contributed by atoms with Crippen LogP contribution in [0.15, 0.2) is 30.3 Å². The van der Waals surface area contributed by atoms with Crippen molar-refractivity contribution in [3.63, 3.8) is 0 Å². The van der Waals surface area contributed by atoms with Crippen LogP contribution in [0.4, 0.5) is 0 Å². The quantitative estimate of drug-likeness (QED) is 0.738. The molecule has 1 N–H and O–H groups in total. The molecule has 26 heavy (non-hydrogen) atoms. The minimum absolute atomic E-state index is 0.0662. The standard InChI is InChI=1S/C21H33N3O2/c1-3-13-24(21(26)4-2)16-12-20(25)22-19-10-14-23(15-11-19)17-18-8-6-5-7-9-18/h5-9,19H,3-4,10-17H2,1-2H3,(H,22,25). The summed E-state index contributed by atoms with van der Waals surface area (Å²) < 4.78 is 0. The Morgan fingerprint density at radius 1 is 1.12 bits per heavy atom. The number of rotatable bonds is 9. The van der Waals surface area contributed by atoms with Gasteiger partial charge in [-0.2, -0.15) is 0 Å². The molecule has 1 aromatic carbocycles. The molecule has 1 saturated heterocycles. The van der Waals surface area contributed by atoms with E-state index in [9.17, 15) is 9.59 Å². The maximum atomic E-state index is 12.2. The van der Waals surface area contributed by atoms with Gasteiger partial charge in [0.15, 0.2) is 0 Å². The number of nitrogens with zero attached hydrogens (tertiary/aromatic N) is 2. The van der Waals surface area contributed by atoms with E-state index in [4.69, 9.17) is 0 Å². The van der Waals surface area contributed by atoms with Gasteiger partial charge in [-0.15, -0.1) is 0 Å². The largest absolute Gasteiger partial charge is 0.353 e. The molecule has 0 radical (unpaired) electrons. The minimum atomic E-state index is 0.0662. The summed E-state index contributed by atoms with van der Waals surface area (Å²) in [5.74, 6) is 0.199. The average Bonchev–Trinajstić information content (AvgIpc) is 2.67. The van der Waals surface area contributed by atoms with Gasteiger partial charge in [-0.05, 0) is 24.8 Å². The highest BCUT2D eigenvalue weighted by Gasteiger charge is 2.21. The molecule has 0 unspecified atom stereocenters. The molecule has 5 heteroatoms. The smallest absolute Gasteiger partial charge is 0.222 e. The summed E-state index contributed by atoms with van der Waals surface area (Å²) in [6.45, 7) is 8.18. The van der Waals surface area contributed by atoms with E-state index in [2.05, 4.69) is 41.4 Å². The minimum Gasteiger partial charge on any atom is -0.353 e. The molecule has 1 aliphatic rings. The molecule has 2 rings (SSSR count). The van der Waals surface area contributed by atoms with Gasteiger partial charge < -0.3 is 10.2 Å². The van der Waals surface area contributed by atoms with Gasteiger partial charge in [0.25, 0.3) is 0 Å². The summed E-state index contributed by atoms with van der Waals surface area (Å²) in [6, 6.07) is 10.8. The van der Waals surface area contributed by atoms with Crippen molar-refractivity contribution in [2.75, 3.05) is 26.2 Å². The van der Waals surface area contributed by atoms with Crippen LogP contribution in [0.1, 0.15) is 51.5 Å². The second kappa shape index (κ2) is 11.0. The normalized spacial score (nSPS) is 15.6. The SMILES string of the molecule is CCCN(CCC(=O)NC1CCN(Cc2ccccc2)CC1)C(=O)CC. The summed E-state index contributed by atoms with van der Waals surface area (Å²) in [5.41, 5.74) is 1.34. The van der Waals surface area contributed by atoms with Crippen LogP contribution < -0.4 is 5.32 Å². The number of benzene rings is 1. The molecule has 5 nitrogen and oxygen atoms in total. The molecule has 1 aliphatic heterocycles. The van der Waals surface area contributed by atoms with Crippen LogP contribution in [0.2, 0.25) is 0 Å². The van der Waals surface area contributed by atoms with Crippen molar-refractivity contribution in [1.82, 2.24) is 15.1 Å². The van der Waals surface area contributed by atoms with Crippen LogP contribution in [0.25, 0.3) is 0 Å². The van der Waals surface area contributed by atoms with Crippen molar-refractivity contribution < 1.29 is 9.59 Å². The summed E-state index contributed by atoms with van der Waals surface area (Å²) in [7, 11) is 0. The number of carbonyl (C=O) groups is 2. The highest BCUT2D eigenvalue weighted by Crippen LogP contribution is 2.14. The number of amides is 2. The molecule has 1 fully saturated rings. The zero-order chi connectivity index (χ0) is 18.8. The van der Waals surface area contributed by atoms with Crippen LogP contribution in [-0.2, 0) is 16.1 Å². The lowest BCUT2D eigenvalue weighted by Gasteiger charge is -2.32. The third-order valence-electron chi connectivity index (χ3n) is 4.96. The van der Waals surface area contributed by atoms with Crippen LogP contribution in [0.3, 0.4) is 0 Å². The molecule has 0 aliphatic carbocycles. The average molecular weight is 360 g/mol. The summed E-state index contributed by atoms with van der Waals surface area (Å²) in [6.07, 6.45) is 3.81. The molecule has 0 bridgehead atoms. The zero-order valence-corrected chi connectivity index (χ0v) is 16.2. The Balaban J connectivity index is 1.68. The Hall–Kier alpha value is -1.88. The zero-order valence-electron chi connectivity index (χ0n) is 16.2. The van der Waals surface area contributed by atoms with Crippen molar-refractivity contribution in [2.24, 2.45) is 0 Å². The fourth-order valence-electron chi connectivity index (χ4n) is 3.47. The summed E-state index contributed by atoms with van der Waals surface area (Å²) in [4.78, 5) is 28.4. The fraction of sp³-hybridized carbons (Fsp3) is 0.619. The van der Waals surface area contributed by atoms with E-state index in [0.29, 0.717) is 19.4 Å². The summed E-state index contributed by atoms with van der Waals surface area (Å²) in [5, 5.41) is 3.15. The first kappa shape index (κ1) is 20.4. The van der Waals surface area contributed by atoms with Gasteiger partial charge >= 0.3 is 0 Å². The van der Waals surface area contributed by atoms with E-state index >= 15 is 0 Å². The van der Waals surface area contributed by atoms with E-state index in [0.717, 1.165) is 45.4 Å². The van der Waals surface area contributed by atoms with Crippen molar-refractivity contribution in [3.05, 3.63) is 35.9 Å². The Kier molecular flexibility index (Phi) is 8.62. The van der Waals surface area contributed by atoms with Crippen LogP contribution >= 0.6 is 0 Å². The Labute approximate surface area is 157 Å². The van der Waals surface area contributed by atoms with Crippen molar-refractivity contribution in [3.8, 4) is 0 Å². The maximum absolute atomic E-state index is 12.2. The lowest BCUT2D eigenvalue weighted by atomic mass is 10.0. The first-order valence-electron chi connectivity index (χ1n) is 9.95. The van der Waals surface area contributed by atoms with E-state index in [1.807, 2.05) is 17.9 Å². The van der Waals surface area contributed by atoms with Crippen molar-refractivity contribution >= 4 is 11.8 Å². The number of hydrogen-bond donors (Lipinski definition) is 1. The van der Waals surface area contributed by atoms with Gasteiger partial charge in [-0.3, -0.25) is 14.5 Å². The third-order valence-corrected chi connectivity index (χ3v) is 4.96. The second-order valence-corrected chi connectivity index (χ2v) is 7.09. The lowest BCUT2D eigenvalue weighted by molar-refractivity contribution is -0.131. The Morgan fingerprint density at radius 2 is 1.81 bits per heavy atom. The highest BCUT2D eigenvalue weighted by atomic mass is 16.2. The van der Waals surface area contributed by atoms with Crippen LogP contribution in [-0.4, -0.2) is 53.8 Å². The molecule has 1 heterocycles. The van der Waals surface area contributed by atoms with E-state index in [1.165, 1.54) is 5.56 Å². The number of nitrogens with one attached hydrogen (secondary N) is 1.